The second kappa shape index (κ2) is 8.54. The summed E-state index contributed by atoms with van der Waals surface area (Å²) in [5.41, 5.74) is 1.41. The van der Waals surface area contributed by atoms with Gasteiger partial charge in [0, 0.05) is 25.0 Å². The lowest BCUT2D eigenvalue weighted by molar-refractivity contribution is 0.473. The number of nitrogens with zero attached hydrogens (tertiary/aromatic N) is 2. The maximum atomic E-state index is 4.06. The van der Waals surface area contributed by atoms with Crippen molar-refractivity contribution in [2.45, 2.75) is 45.2 Å². The Morgan fingerprint density at radius 1 is 1.20 bits per heavy atom. The third-order valence-corrected chi connectivity index (χ3v) is 3.57. The zero-order valence-electron chi connectivity index (χ0n) is 12.3. The molecule has 3 heteroatoms. The highest BCUT2D eigenvalue weighted by atomic mass is 15.0. The van der Waals surface area contributed by atoms with Crippen molar-refractivity contribution in [2.24, 2.45) is 0 Å². The van der Waals surface area contributed by atoms with Crippen LogP contribution in [0.15, 0.2) is 49.1 Å². The number of benzene rings is 1. The van der Waals surface area contributed by atoms with E-state index in [0.717, 1.165) is 13.1 Å². The van der Waals surface area contributed by atoms with Crippen LogP contribution in [0, 0.1) is 0 Å². The molecule has 108 valence electrons. The number of aryl methyl sites for hydroxylation is 1. The lowest BCUT2D eigenvalue weighted by Gasteiger charge is -2.18. The van der Waals surface area contributed by atoms with E-state index in [9.17, 15) is 0 Å². The topological polar surface area (TPSA) is 29.9 Å². The van der Waals surface area contributed by atoms with E-state index in [0.29, 0.717) is 6.04 Å². The molecule has 0 spiro atoms. The third-order valence-electron chi connectivity index (χ3n) is 3.57. The molecule has 1 aromatic carbocycles. The number of hydrogen-bond acceptors (Lipinski definition) is 2. The van der Waals surface area contributed by atoms with Crippen LogP contribution in [0.2, 0.25) is 0 Å². The molecule has 0 radical (unpaired) electrons. The summed E-state index contributed by atoms with van der Waals surface area (Å²) in [6.07, 6.45) is 10.6. The van der Waals surface area contributed by atoms with E-state index in [1.807, 2.05) is 18.7 Å². The second-order valence-electron chi connectivity index (χ2n) is 5.21. The Morgan fingerprint density at radius 2 is 2.05 bits per heavy atom. The Labute approximate surface area is 122 Å². The maximum Gasteiger partial charge on any atom is 0.0945 e. The van der Waals surface area contributed by atoms with Crippen LogP contribution in [0.3, 0.4) is 0 Å². The molecule has 0 fully saturated rings. The van der Waals surface area contributed by atoms with Crippen molar-refractivity contribution >= 4 is 0 Å². The Morgan fingerprint density at radius 3 is 2.75 bits per heavy atom. The van der Waals surface area contributed by atoms with Crippen LogP contribution in [-0.2, 0) is 6.54 Å². The molecule has 1 N–H and O–H groups in total. The zero-order chi connectivity index (χ0) is 14.0. The molecule has 1 atom stereocenters. The number of aromatic nitrogens is 2. The Bertz CT molecular complexity index is 450. The summed E-state index contributed by atoms with van der Waals surface area (Å²) in [5, 5.41) is 3.69. The molecule has 0 aliphatic rings. The van der Waals surface area contributed by atoms with Gasteiger partial charge in [-0.15, -0.1) is 0 Å². The van der Waals surface area contributed by atoms with Crippen LogP contribution < -0.4 is 5.32 Å². The van der Waals surface area contributed by atoms with Gasteiger partial charge in [0.05, 0.1) is 6.33 Å². The molecule has 2 aromatic rings. The van der Waals surface area contributed by atoms with Gasteiger partial charge in [-0.2, -0.15) is 0 Å². The van der Waals surface area contributed by atoms with Crippen LogP contribution in [-0.4, -0.2) is 16.1 Å². The van der Waals surface area contributed by atoms with Crippen molar-refractivity contribution in [2.75, 3.05) is 6.54 Å². The molecular weight excluding hydrogens is 246 g/mol. The van der Waals surface area contributed by atoms with Crippen LogP contribution in [0.4, 0.5) is 0 Å². The molecule has 0 saturated carbocycles. The molecule has 0 amide bonds. The standard InChI is InChI=1S/C17H25N3/c1-2-8-17(16-9-4-3-5-10-16)19-11-6-7-13-20-14-12-18-15-20/h3-5,9-10,12,14-15,17,19H,2,6-8,11,13H2,1H3. The highest BCUT2D eigenvalue weighted by Crippen LogP contribution is 2.17. The average Bonchev–Trinajstić information content (AvgIpc) is 3.00. The maximum absolute atomic E-state index is 4.06. The van der Waals surface area contributed by atoms with Crippen LogP contribution >= 0.6 is 0 Å². The second-order valence-corrected chi connectivity index (χ2v) is 5.21. The van der Waals surface area contributed by atoms with Gasteiger partial charge in [-0.05, 0) is 31.4 Å². The van der Waals surface area contributed by atoms with E-state index in [1.165, 1.54) is 31.2 Å². The lowest BCUT2D eigenvalue weighted by atomic mass is 10.0. The van der Waals surface area contributed by atoms with E-state index in [2.05, 4.69) is 52.1 Å². The molecule has 1 heterocycles. The van der Waals surface area contributed by atoms with Crippen molar-refractivity contribution in [3.05, 3.63) is 54.6 Å². The smallest absolute Gasteiger partial charge is 0.0945 e. The van der Waals surface area contributed by atoms with Crippen molar-refractivity contribution in [1.29, 1.82) is 0 Å². The Kier molecular flexibility index (Phi) is 6.32. The minimum absolute atomic E-state index is 0.495. The summed E-state index contributed by atoms with van der Waals surface area (Å²) in [6.45, 7) is 4.39. The number of rotatable bonds is 9. The van der Waals surface area contributed by atoms with Gasteiger partial charge in [0.25, 0.3) is 0 Å². The summed E-state index contributed by atoms with van der Waals surface area (Å²) in [4.78, 5) is 4.06. The van der Waals surface area contributed by atoms with Crippen molar-refractivity contribution in [3.63, 3.8) is 0 Å². The summed E-state index contributed by atoms with van der Waals surface area (Å²) in [5.74, 6) is 0. The van der Waals surface area contributed by atoms with Gasteiger partial charge < -0.3 is 9.88 Å². The SMILES string of the molecule is CCCC(NCCCCn1ccnc1)c1ccccc1. The van der Waals surface area contributed by atoms with Crippen molar-refractivity contribution in [3.8, 4) is 0 Å². The zero-order valence-corrected chi connectivity index (χ0v) is 12.3. The summed E-state index contributed by atoms with van der Waals surface area (Å²) in [7, 11) is 0. The minimum Gasteiger partial charge on any atom is -0.337 e. The fourth-order valence-electron chi connectivity index (χ4n) is 2.48. The monoisotopic (exact) mass is 271 g/mol. The van der Waals surface area contributed by atoms with E-state index >= 15 is 0 Å². The molecule has 3 nitrogen and oxygen atoms in total. The summed E-state index contributed by atoms with van der Waals surface area (Å²) in [6, 6.07) is 11.3. The van der Waals surface area contributed by atoms with E-state index < -0.39 is 0 Å². The third kappa shape index (κ3) is 4.82. The number of nitrogens with one attached hydrogen (secondary N) is 1. The predicted molar refractivity (Wildman–Crippen MR) is 83.6 cm³/mol. The van der Waals surface area contributed by atoms with E-state index in [4.69, 9.17) is 0 Å². The molecule has 1 aromatic heterocycles. The molecule has 20 heavy (non-hydrogen) atoms. The van der Waals surface area contributed by atoms with Gasteiger partial charge in [-0.3, -0.25) is 0 Å². The first-order chi connectivity index (χ1) is 9.90. The molecular formula is C17H25N3. The fraction of sp³-hybridized carbons (Fsp3) is 0.471. The highest BCUT2D eigenvalue weighted by Gasteiger charge is 2.08. The largest absolute Gasteiger partial charge is 0.337 e. The summed E-state index contributed by atoms with van der Waals surface area (Å²) >= 11 is 0. The first-order valence-corrected chi connectivity index (χ1v) is 7.64. The van der Waals surface area contributed by atoms with Gasteiger partial charge in [0.15, 0.2) is 0 Å². The van der Waals surface area contributed by atoms with E-state index in [1.54, 1.807) is 0 Å². The van der Waals surface area contributed by atoms with Gasteiger partial charge >= 0.3 is 0 Å². The molecule has 0 aliphatic carbocycles. The fourth-order valence-corrected chi connectivity index (χ4v) is 2.48. The van der Waals surface area contributed by atoms with E-state index in [-0.39, 0.29) is 0 Å². The predicted octanol–water partition coefficient (Wildman–Crippen LogP) is 3.79. The van der Waals surface area contributed by atoms with Crippen molar-refractivity contribution in [1.82, 2.24) is 14.9 Å². The molecule has 0 aliphatic heterocycles. The molecule has 0 bridgehead atoms. The quantitative estimate of drug-likeness (QED) is 0.703. The van der Waals surface area contributed by atoms with Gasteiger partial charge in [-0.25, -0.2) is 4.98 Å². The molecule has 1 unspecified atom stereocenters. The molecule has 2 rings (SSSR count). The van der Waals surface area contributed by atoms with Gasteiger partial charge in [-0.1, -0.05) is 43.7 Å². The van der Waals surface area contributed by atoms with Crippen LogP contribution in [0.1, 0.15) is 44.2 Å². The van der Waals surface area contributed by atoms with Gasteiger partial charge in [0.1, 0.15) is 0 Å². The van der Waals surface area contributed by atoms with Crippen LogP contribution in [0.25, 0.3) is 0 Å². The Hall–Kier alpha value is -1.61. The first-order valence-electron chi connectivity index (χ1n) is 7.64. The first kappa shape index (κ1) is 14.8. The molecule has 0 saturated heterocycles. The minimum atomic E-state index is 0.495. The highest BCUT2D eigenvalue weighted by molar-refractivity contribution is 5.18. The number of hydrogen-bond donors (Lipinski definition) is 1. The Balaban J connectivity index is 1.70. The average molecular weight is 271 g/mol. The lowest BCUT2D eigenvalue weighted by Crippen LogP contribution is -2.22. The normalized spacial score (nSPS) is 12.4. The summed E-state index contributed by atoms with van der Waals surface area (Å²) < 4.78 is 2.14. The number of unbranched alkanes of at least 4 members (excludes halogenated alkanes) is 1. The van der Waals surface area contributed by atoms with Crippen molar-refractivity contribution < 1.29 is 0 Å². The van der Waals surface area contributed by atoms with Gasteiger partial charge in [0.2, 0.25) is 0 Å². The van der Waals surface area contributed by atoms with Crippen LogP contribution in [0.5, 0.6) is 0 Å². The number of imidazole rings is 1.